The van der Waals surface area contributed by atoms with Crippen LogP contribution < -0.4 is 5.32 Å². The van der Waals surface area contributed by atoms with Crippen molar-refractivity contribution < 1.29 is 23.1 Å². The molecule has 0 spiro atoms. The Balaban J connectivity index is 1.53. The van der Waals surface area contributed by atoms with Crippen LogP contribution in [0, 0.1) is 5.92 Å². The predicted octanol–water partition coefficient (Wildman–Crippen LogP) is 5.15. The number of hydrogen-bond acceptors (Lipinski definition) is 4. The molecule has 2 heterocycles. The number of aliphatic hydroxyl groups excluding tert-OH is 1. The molecule has 0 radical (unpaired) electrons. The summed E-state index contributed by atoms with van der Waals surface area (Å²) < 4.78 is 45.1. The van der Waals surface area contributed by atoms with Crippen LogP contribution >= 0.6 is 11.5 Å². The van der Waals surface area contributed by atoms with Crippen molar-refractivity contribution in [1.29, 1.82) is 0 Å². The lowest BCUT2D eigenvalue weighted by molar-refractivity contribution is -0.137. The molecule has 2 N–H and O–H groups in total. The van der Waals surface area contributed by atoms with Crippen LogP contribution in [-0.2, 0) is 6.18 Å². The quantitative estimate of drug-likeness (QED) is 0.434. The van der Waals surface area contributed by atoms with Crippen molar-refractivity contribution in [2.24, 2.45) is 5.92 Å². The minimum absolute atomic E-state index is 0.0956. The maximum absolute atomic E-state index is 13.0. The summed E-state index contributed by atoms with van der Waals surface area (Å²) in [7, 11) is 0. The van der Waals surface area contributed by atoms with E-state index in [1.54, 1.807) is 22.8 Å². The minimum atomic E-state index is -4.40. The molecule has 0 bridgehead atoms. The zero-order valence-electron chi connectivity index (χ0n) is 16.9. The fourth-order valence-electron chi connectivity index (χ4n) is 4.25. The number of amides is 1. The summed E-state index contributed by atoms with van der Waals surface area (Å²) in [5.74, 6) is 0.0534. The number of rotatable bonds is 5. The van der Waals surface area contributed by atoms with Gasteiger partial charge in [-0.15, -0.1) is 0 Å². The largest absolute Gasteiger partial charge is 0.416 e. The maximum Gasteiger partial charge on any atom is 0.416 e. The van der Waals surface area contributed by atoms with E-state index in [-0.39, 0.29) is 18.6 Å². The van der Waals surface area contributed by atoms with E-state index in [0.717, 1.165) is 47.7 Å². The smallest absolute Gasteiger partial charge is 0.394 e. The molecule has 1 amide bonds. The first-order valence-corrected chi connectivity index (χ1v) is 11.2. The van der Waals surface area contributed by atoms with E-state index in [0.29, 0.717) is 22.8 Å². The lowest BCUT2D eigenvalue weighted by atomic mass is 9.80. The number of halogens is 3. The number of nitrogens with zero attached hydrogens (tertiary/aromatic N) is 2. The molecule has 4 aromatic rings. The average molecular weight is 459 g/mol. The summed E-state index contributed by atoms with van der Waals surface area (Å²) in [5, 5.41) is 16.1. The van der Waals surface area contributed by atoms with Crippen LogP contribution in [0.25, 0.3) is 27.6 Å². The number of hydrogen-bond donors (Lipinski definition) is 2. The number of aliphatic hydroxyl groups is 1. The molecule has 0 unspecified atom stereocenters. The summed E-state index contributed by atoms with van der Waals surface area (Å²) in [6.07, 6.45) is -1.28. The van der Waals surface area contributed by atoms with Gasteiger partial charge in [-0.05, 0) is 72.8 Å². The van der Waals surface area contributed by atoms with Gasteiger partial charge in [0.05, 0.1) is 23.7 Å². The van der Waals surface area contributed by atoms with Gasteiger partial charge in [-0.25, -0.2) is 0 Å². The first-order chi connectivity index (χ1) is 15.4. The number of benzene rings is 2. The lowest BCUT2D eigenvalue weighted by Gasteiger charge is -2.33. The van der Waals surface area contributed by atoms with Gasteiger partial charge in [-0.1, -0.05) is 6.42 Å². The highest BCUT2D eigenvalue weighted by molar-refractivity contribution is 7.05. The van der Waals surface area contributed by atoms with Gasteiger partial charge in [0.2, 0.25) is 0 Å². The average Bonchev–Trinajstić information content (AvgIpc) is 3.31. The maximum atomic E-state index is 13.0. The number of alkyl halides is 3. The van der Waals surface area contributed by atoms with E-state index >= 15 is 0 Å². The Bertz CT molecular complexity index is 1290. The molecule has 1 aliphatic rings. The highest BCUT2D eigenvalue weighted by Gasteiger charge is 2.30. The molecule has 9 heteroatoms. The van der Waals surface area contributed by atoms with Gasteiger partial charge < -0.3 is 10.4 Å². The Morgan fingerprint density at radius 2 is 1.94 bits per heavy atom. The molecule has 1 aliphatic carbocycles. The summed E-state index contributed by atoms with van der Waals surface area (Å²) >= 11 is 1.25. The molecule has 5 nitrogen and oxygen atoms in total. The summed E-state index contributed by atoms with van der Waals surface area (Å²) in [5.41, 5.74) is 1.70. The fraction of sp³-hybridized carbons (Fsp3) is 0.304. The first-order valence-electron chi connectivity index (χ1n) is 10.3. The zero-order valence-corrected chi connectivity index (χ0v) is 17.7. The van der Waals surface area contributed by atoms with Gasteiger partial charge in [0.25, 0.3) is 5.91 Å². The van der Waals surface area contributed by atoms with Crippen molar-refractivity contribution in [2.45, 2.75) is 31.5 Å². The summed E-state index contributed by atoms with van der Waals surface area (Å²) in [6.45, 7) is -0.0956. The van der Waals surface area contributed by atoms with Crippen molar-refractivity contribution in [2.75, 3.05) is 6.61 Å². The minimum Gasteiger partial charge on any atom is -0.394 e. The molecule has 1 saturated carbocycles. The molecular formula is C23H20F3N3O2S. The van der Waals surface area contributed by atoms with Crippen molar-refractivity contribution in [3.8, 4) is 5.69 Å². The second kappa shape index (κ2) is 7.90. The van der Waals surface area contributed by atoms with E-state index in [1.165, 1.54) is 23.7 Å². The third-order valence-corrected chi connectivity index (χ3v) is 6.86. The first kappa shape index (κ1) is 21.0. The number of carbonyl (C=O) groups is 1. The third-order valence-electron chi connectivity index (χ3n) is 6.24. The van der Waals surface area contributed by atoms with Gasteiger partial charge in [-0.3, -0.25) is 9.36 Å². The normalized spacial score (nSPS) is 15.8. The molecule has 166 valence electrons. The molecule has 1 atom stereocenters. The van der Waals surface area contributed by atoms with Crippen molar-refractivity contribution in [3.05, 3.63) is 59.0 Å². The van der Waals surface area contributed by atoms with Crippen molar-refractivity contribution in [1.82, 2.24) is 14.3 Å². The lowest BCUT2D eigenvalue weighted by Crippen LogP contribution is -2.45. The summed E-state index contributed by atoms with van der Waals surface area (Å²) in [6, 6.07) is 9.94. The number of nitrogens with one attached hydrogen (secondary N) is 1. The molecule has 1 fully saturated rings. The van der Waals surface area contributed by atoms with Gasteiger partial charge in [0, 0.05) is 27.4 Å². The Labute approximate surface area is 185 Å². The molecule has 5 rings (SSSR count). The van der Waals surface area contributed by atoms with Crippen molar-refractivity contribution in [3.63, 3.8) is 0 Å². The van der Waals surface area contributed by atoms with Gasteiger partial charge in [-0.2, -0.15) is 17.5 Å². The van der Waals surface area contributed by atoms with Crippen LogP contribution in [0.5, 0.6) is 0 Å². The van der Waals surface area contributed by atoms with Crippen LogP contribution in [0.1, 0.15) is 35.2 Å². The van der Waals surface area contributed by atoms with Crippen LogP contribution in [0.2, 0.25) is 0 Å². The molecule has 2 aromatic carbocycles. The second-order valence-electron chi connectivity index (χ2n) is 8.12. The van der Waals surface area contributed by atoms with Crippen molar-refractivity contribution >= 4 is 39.4 Å². The van der Waals surface area contributed by atoms with Gasteiger partial charge >= 0.3 is 6.18 Å². The molecule has 32 heavy (non-hydrogen) atoms. The Morgan fingerprint density at radius 1 is 1.19 bits per heavy atom. The number of carbonyl (C=O) groups excluding carboxylic acids is 1. The van der Waals surface area contributed by atoms with E-state index in [9.17, 15) is 23.1 Å². The highest BCUT2D eigenvalue weighted by Crippen LogP contribution is 2.35. The molecule has 0 aliphatic heterocycles. The van der Waals surface area contributed by atoms with E-state index in [2.05, 4.69) is 9.69 Å². The number of fused-ring (bicyclic) bond motifs is 3. The Kier molecular flexibility index (Phi) is 5.17. The third kappa shape index (κ3) is 3.55. The van der Waals surface area contributed by atoms with Crippen LogP contribution in [0.3, 0.4) is 0 Å². The fourth-order valence-corrected chi connectivity index (χ4v) is 4.92. The summed E-state index contributed by atoms with van der Waals surface area (Å²) in [4.78, 5) is 12.8. The highest BCUT2D eigenvalue weighted by atomic mass is 32.1. The Hall–Kier alpha value is -2.91. The van der Waals surface area contributed by atoms with Crippen LogP contribution in [0.4, 0.5) is 13.2 Å². The van der Waals surface area contributed by atoms with E-state index in [4.69, 9.17) is 0 Å². The second-order valence-corrected chi connectivity index (χ2v) is 8.75. The zero-order chi connectivity index (χ0) is 22.5. The van der Waals surface area contributed by atoms with Gasteiger partial charge in [0.1, 0.15) is 0 Å². The van der Waals surface area contributed by atoms with Gasteiger partial charge in [0.15, 0.2) is 5.65 Å². The molecule has 0 saturated heterocycles. The molecular weight excluding hydrogens is 439 g/mol. The number of aromatic nitrogens is 2. The van der Waals surface area contributed by atoms with E-state index in [1.807, 2.05) is 5.38 Å². The van der Waals surface area contributed by atoms with Crippen LogP contribution in [0.15, 0.2) is 47.8 Å². The topological polar surface area (TPSA) is 67.2 Å². The molecule has 2 aromatic heterocycles. The van der Waals surface area contributed by atoms with Crippen LogP contribution in [-0.4, -0.2) is 32.6 Å². The standard InChI is InChI=1S/C23H20F3N3O2S/c24-23(25,26)15-5-7-16(8-6-15)29-20-9-4-14(10-17(20)18-12-32-28-21(18)29)22(31)27-19(11-30)13-2-1-3-13/h4-10,12-13,19,30H,1-3,11H2,(H,27,31)/t19-/m1/s1. The predicted molar refractivity (Wildman–Crippen MR) is 117 cm³/mol. The van der Waals surface area contributed by atoms with E-state index < -0.39 is 11.7 Å². The Morgan fingerprint density at radius 3 is 2.56 bits per heavy atom. The monoisotopic (exact) mass is 459 g/mol. The SMILES string of the molecule is O=C(N[C@H](CO)C1CCC1)c1ccc2c(c1)c1csnc1n2-c1ccc(C(F)(F)F)cc1.